The number of hydrogen-bond donors (Lipinski definition) is 2. The number of carboxylic acids is 2. The Morgan fingerprint density at radius 2 is 1.54 bits per heavy atom. The number of Topliss-reactive ketones (excluding diaryl/α,β-unsaturated/α-hetero) is 1. The largest absolute Gasteiger partial charge is 0.481 e. The van der Waals surface area contributed by atoms with Gasteiger partial charge in [0.1, 0.15) is 5.78 Å². The highest BCUT2D eigenvalue weighted by Gasteiger charge is 2.67. The van der Waals surface area contributed by atoms with Crippen LogP contribution in [0.2, 0.25) is 0 Å². The van der Waals surface area contributed by atoms with Crippen molar-refractivity contribution in [2.75, 3.05) is 0 Å². The third kappa shape index (κ3) is 11.8. The van der Waals surface area contributed by atoms with Crippen LogP contribution in [0.3, 0.4) is 0 Å². The molecule has 2 aromatic rings. The first kappa shape index (κ1) is 49.0. The summed E-state index contributed by atoms with van der Waals surface area (Å²) in [5, 5.41) is 20.2. The molecule has 11 heteroatoms. The van der Waals surface area contributed by atoms with Crippen molar-refractivity contribution in [1.82, 2.24) is 0 Å². The van der Waals surface area contributed by atoms with E-state index in [2.05, 4.69) is 44.2 Å². The highest BCUT2D eigenvalue weighted by Crippen LogP contribution is 2.60. The molecule has 0 amide bonds. The summed E-state index contributed by atoms with van der Waals surface area (Å²) >= 11 is 0. The highest BCUT2D eigenvalue weighted by molar-refractivity contribution is 5.91. The number of ether oxygens (including phenoxy) is 3. The fourth-order valence-electron chi connectivity index (χ4n) is 11.1. The number of ketones is 1. The topological polar surface area (TPSA) is 171 Å². The molecule has 0 spiro atoms. The van der Waals surface area contributed by atoms with Gasteiger partial charge in [0.2, 0.25) is 5.60 Å². The van der Waals surface area contributed by atoms with Crippen LogP contribution >= 0.6 is 0 Å². The molecule has 0 saturated heterocycles. The molecule has 4 aliphatic carbocycles. The quantitative estimate of drug-likeness (QED) is 0.0632. The summed E-state index contributed by atoms with van der Waals surface area (Å²) in [7, 11) is 0. The molecule has 0 aliphatic heterocycles. The van der Waals surface area contributed by atoms with E-state index >= 15 is 0 Å². The molecule has 2 aromatic carbocycles. The molecule has 0 bridgehead atoms. The second-order valence-corrected chi connectivity index (χ2v) is 18.6. The minimum absolute atomic E-state index is 0.0197. The van der Waals surface area contributed by atoms with Crippen molar-refractivity contribution in [2.45, 2.75) is 155 Å². The number of carboxylic acid groups (broad SMARTS) is 2. The lowest BCUT2D eigenvalue weighted by Crippen LogP contribution is -2.67. The van der Waals surface area contributed by atoms with E-state index in [1.165, 1.54) is 87.8 Å². The number of benzene rings is 2. The Bertz CT molecular complexity index is 1970. The number of allylic oxidation sites excluding steroid dienone is 3. The van der Waals surface area contributed by atoms with E-state index in [0.717, 1.165) is 64.2 Å². The lowest BCUT2D eigenvalue weighted by Gasteiger charge is -2.49. The first-order valence-corrected chi connectivity index (χ1v) is 23.1. The molecule has 2 unspecified atom stereocenters. The second kappa shape index (κ2) is 22.0. The normalized spacial score (nSPS) is 25.4. The Balaban J connectivity index is 0.000000337. The summed E-state index contributed by atoms with van der Waals surface area (Å²) in [6.07, 6.45) is 23.1. The van der Waals surface area contributed by atoms with Crippen molar-refractivity contribution in [3.63, 3.8) is 0 Å². The number of aryl methyl sites for hydroxylation is 1. The number of hydrogen-bond acceptors (Lipinski definition) is 9. The SMILES string of the molecule is CCCCCC/C=C/[C@H]1CCC(=O)[C@@H]1C/C=C\C(CC(=O)O)C(C)(OC(=O)c1ccccc1)C(OC(C)=O)(OC(C)=O)C(=O)O.C[C@@]12CCC[C@H]1[C@@H]1CCc3ccccc3[C@H]1CC2. The summed E-state index contributed by atoms with van der Waals surface area (Å²) in [5.41, 5.74) is 1.44. The van der Waals surface area contributed by atoms with Crippen LogP contribution in [0, 0.1) is 35.0 Å². The maximum absolute atomic E-state index is 13.3. The van der Waals surface area contributed by atoms with Crippen LogP contribution in [0.1, 0.15) is 158 Å². The molecule has 3 fully saturated rings. The van der Waals surface area contributed by atoms with E-state index in [1.807, 2.05) is 6.08 Å². The number of esters is 3. The fraction of sp³-hybridized carbons (Fsp3) is 0.577. The van der Waals surface area contributed by atoms with Gasteiger partial charge < -0.3 is 24.4 Å². The van der Waals surface area contributed by atoms with Crippen LogP contribution in [0.15, 0.2) is 78.9 Å². The smallest absolute Gasteiger partial charge is 0.397 e. The van der Waals surface area contributed by atoms with E-state index in [4.69, 9.17) is 14.2 Å². The van der Waals surface area contributed by atoms with Crippen molar-refractivity contribution < 1.29 is 53.2 Å². The third-order valence-corrected chi connectivity index (χ3v) is 14.4. The Labute approximate surface area is 373 Å². The minimum atomic E-state index is -3.27. The van der Waals surface area contributed by atoms with E-state index in [9.17, 15) is 39.0 Å². The Kier molecular flexibility index (Phi) is 17.1. The van der Waals surface area contributed by atoms with Gasteiger partial charge in [0.25, 0.3) is 0 Å². The lowest BCUT2D eigenvalue weighted by atomic mass is 9.56. The Morgan fingerprint density at radius 3 is 2.21 bits per heavy atom. The monoisotopic (exact) mass is 868 g/mol. The van der Waals surface area contributed by atoms with Gasteiger partial charge in [-0.15, -0.1) is 0 Å². The van der Waals surface area contributed by atoms with Crippen molar-refractivity contribution in [3.8, 4) is 0 Å². The molecule has 63 heavy (non-hydrogen) atoms. The molecule has 11 nitrogen and oxygen atoms in total. The molecular weight excluding hydrogens is 801 g/mol. The standard InChI is InChI=1S/C34H44O11.C18H24/c1-5-6-7-8-9-11-15-25-20-21-29(37)28(25)19-14-18-27(22-30(38)39)33(4,45-31(40)26-16-12-10-13-17-26)34(32(41)42,43-23(2)35)44-24(3)36;1-18-11-4-7-17(18)16-9-8-13-5-2-3-6-14(13)15(16)10-12-18/h10-18,25,27-28H,5-9,19-22H2,1-4H3,(H,38,39)(H,41,42);2-3,5-6,15-17H,4,7-12H2,1H3/b15-11+,18-14-;/t25-,27?,28+,33?;15-,16-,17+,18+/m01/s1. The molecule has 2 N–H and O–H groups in total. The van der Waals surface area contributed by atoms with Gasteiger partial charge in [-0.25, -0.2) is 9.59 Å². The van der Waals surface area contributed by atoms with Crippen LogP contribution in [0.4, 0.5) is 0 Å². The number of carbonyl (C=O) groups excluding carboxylic acids is 4. The van der Waals surface area contributed by atoms with Gasteiger partial charge in [-0.2, -0.15) is 0 Å². The van der Waals surface area contributed by atoms with E-state index < -0.39 is 53.6 Å². The summed E-state index contributed by atoms with van der Waals surface area (Å²) in [5.74, 6) is -9.09. The fourth-order valence-corrected chi connectivity index (χ4v) is 11.1. The van der Waals surface area contributed by atoms with Gasteiger partial charge >= 0.3 is 35.6 Å². The first-order chi connectivity index (χ1) is 30.0. The van der Waals surface area contributed by atoms with Crippen molar-refractivity contribution in [2.24, 2.45) is 35.0 Å². The predicted molar refractivity (Wildman–Crippen MR) is 238 cm³/mol. The Hall–Kier alpha value is -5.06. The van der Waals surface area contributed by atoms with Gasteiger partial charge in [0.05, 0.1) is 12.0 Å². The first-order valence-electron chi connectivity index (χ1n) is 23.1. The zero-order chi connectivity index (χ0) is 45.8. The van der Waals surface area contributed by atoms with Crippen molar-refractivity contribution in [3.05, 3.63) is 95.6 Å². The number of aliphatic carboxylic acids is 2. The lowest BCUT2D eigenvalue weighted by molar-refractivity contribution is -0.291. The van der Waals surface area contributed by atoms with Gasteiger partial charge in [0, 0.05) is 32.1 Å². The summed E-state index contributed by atoms with van der Waals surface area (Å²) in [6.45, 7) is 7.50. The van der Waals surface area contributed by atoms with Gasteiger partial charge in [0.15, 0.2) is 0 Å². The van der Waals surface area contributed by atoms with Crippen LogP contribution in [0.5, 0.6) is 0 Å². The maximum Gasteiger partial charge on any atom is 0.397 e. The number of unbranched alkanes of at least 4 members (excludes halogenated alkanes) is 4. The number of fused-ring (bicyclic) bond motifs is 5. The van der Waals surface area contributed by atoms with E-state index in [1.54, 1.807) is 17.2 Å². The number of rotatable bonds is 18. The summed E-state index contributed by atoms with van der Waals surface area (Å²) < 4.78 is 15.9. The van der Waals surface area contributed by atoms with Crippen molar-refractivity contribution >= 4 is 35.6 Å². The summed E-state index contributed by atoms with van der Waals surface area (Å²) in [6, 6.07) is 16.7. The molecular formula is C52H68O11. The zero-order valence-electron chi connectivity index (χ0n) is 37.9. The molecule has 4 aliphatic rings. The van der Waals surface area contributed by atoms with Crippen molar-refractivity contribution in [1.29, 1.82) is 0 Å². The second-order valence-electron chi connectivity index (χ2n) is 18.6. The average Bonchev–Trinajstić information content (AvgIpc) is 3.82. The third-order valence-electron chi connectivity index (χ3n) is 14.4. The van der Waals surface area contributed by atoms with Crippen LogP contribution < -0.4 is 0 Å². The van der Waals surface area contributed by atoms with Crippen LogP contribution in [-0.2, 0) is 44.6 Å². The predicted octanol–water partition coefficient (Wildman–Crippen LogP) is 10.6. The van der Waals surface area contributed by atoms with Gasteiger partial charge in [-0.3, -0.25) is 19.2 Å². The minimum Gasteiger partial charge on any atom is -0.481 e. The number of carbonyl (C=O) groups is 6. The van der Waals surface area contributed by atoms with E-state index in [0.29, 0.717) is 18.3 Å². The van der Waals surface area contributed by atoms with Gasteiger partial charge in [-0.1, -0.05) is 106 Å². The molecule has 0 radical (unpaired) electrons. The zero-order valence-corrected chi connectivity index (χ0v) is 37.9. The molecule has 342 valence electrons. The summed E-state index contributed by atoms with van der Waals surface area (Å²) in [4.78, 5) is 75.5. The molecule has 0 heterocycles. The average molecular weight is 869 g/mol. The maximum atomic E-state index is 13.3. The molecule has 8 atom stereocenters. The van der Waals surface area contributed by atoms with Crippen LogP contribution in [-0.4, -0.2) is 57.2 Å². The molecule has 0 aromatic heterocycles. The van der Waals surface area contributed by atoms with E-state index in [-0.39, 0.29) is 29.6 Å². The van der Waals surface area contributed by atoms with Gasteiger partial charge in [-0.05, 0) is 123 Å². The van der Waals surface area contributed by atoms with Crippen LogP contribution in [0.25, 0.3) is 0 Å². The molecule has 3 saturated carbocycles. The highest BCUT2D eigenvalue weighted by atomic mass is 16.8. The molecule has 6 rings (SSSR count). The Morgan fingerprint density at radius 1 is 0.841 bits per heavy atom.